The van der Waals surface area contributed by atoms with E-state index in [1.165, 1.54) is 24.3 Å². The van der Waals surface area contributed by atoms with E-state index in [9.17, 15) is 25.2 Å². The average molecular weight is 400 g/mol. The van der Waals surface area contributed by atoms with Crippen molar-refractivity contribution in [2.75, 3.05) is 6.61 Å². The largest absolute Gasteiger partial charge is 0.462 e. The quantitative estimate of drug-likeness (QED) is 0.502. The number of ether oxygens (including phenoxy) is 2. The molecule has 3 aromatic rings. The van der Waals surface area contributed by atoms with Gasteiger partial charge >= 0.3 is 0 Å². The van der Waals surface area contributed by atoms with Crippen LogP contribution >= 0.6 is 0 Å². The van der Waals surface area contributed by atoms with Gasteiger partial charge in [-0.2, -0.15) is 0 Å². The molecule has 2 unspecified atom stereocenters. The fourth-order valence-electron chi connectivity index (χ4n) is 3.25. The van der Waals surface area contributed by atoms with E-state index in [0.717, 1.165) is 5.56 Å². The van der Waals surface area contributed by atoms with Crippen LogP contribution in [0.25, 0.3) is 22.3 Å². The number of fused-ring (bicyclic) bond motifs is 1. The Morgan fingerprint density at radius 2 is 1.69 bits per heavy atom. The summed E-state index contributed by atoms with van der Waals surface area (Å²) >= 11 is 0. The molecule has 2 aromatic carbocycles. The number of hydrogen-bond donors (Lipinski definition) is 4. The van der Waals surface area contributed by atoms with E-state index in [0.29, 0.717) is 11.1 Å². The summed E-state index contributed by atoms with van der Waals surface area (Å²) in [5.74, 6) is 0.614. The van der Waals surface area contributed by atoms with Gasteiger partial charge in [-0.3, -0.25) is 4.79 Å². The number of benzene rings is 2. The second kappa shape index (κ2) is 7.94. The number of rotatable bonds is 4. The number of hydrogen-bond acceptors (Lipinski definition) is 8. The van der Waals surface area contributed by atoms with Crippen LogP contribution in [0.4, 0.5) is 0 Å². The lowest BCUT2D eigenvalue weighted by Gasteiger charge is -2.39. The monoisotopic (exact) mass is 400 g/mol. The van der Waals surface area contributed by atoms with Crippen molar-refractivity contribution in [1.29, 1.82) is 0 Å². The molecular weight excluding hydrogens is 380 g/mol. The summed E-state index contributed by atoms with van der Waals surface area (Å²) < 4.78 is 16.8. The Hall–Kier alpha value is -2.75. The summed E-state index contributed by atoms with van der Waals surface area (Å²) in [7, 11) is 0. The highest BCUT2D eigenvalue weighted by molar-refractivity contribution is 5.80. The van der Waals surface area contributed by atoms with Gasteiger partial charge in [0.1, 0.15) is 41.5 Å². The molecular formula is C21H20O8. The summed E-state index contributed by atoms with van der Waals surface area (Å²) in [5, 5.41) is 39.5. The van der Waals surface area contributed by atoms with Crippen molar-refractivity contribution < 1.29 is 34.3 Å². The molecule has 0 saturated carbocycles. The maximum absolute atomic E-state index is 12.4. The Balaban J connectivity index is 1.66. The van der Waals surface area contributed by atoms with Crippen LogP contribution in [-0.2, 0) is 4.74 Å². The molecule has 1 aromatic heterocycles. The minimum atomic E-state index is -1.55. The summed E-state index contributed by atoms with van der Waals surface area (Å²) in [6.07, 6.45) is -6.97. The van der Waals surface area contributed by atoms with Gasteiger partial charge in [-0.25, -0.2) is 0 Å². The molecule has 4 rings (SSSR count). The van der Waals surface area contributed by atoms with Crippen molar-refractivity contribution >= 4 is 11.0 Å². The summed E-state index contributed by atoms with van der Waals surface area (Å²) in [6.45, 7) is -0.558. The number of aliphatic hydroxyl groups is 4. The summed E-state index contributed by atoms with van der Waals surface area (Å²) in [4.78, 5) is 12.4. The van der Waals surface area contributed by atoms with Crippen LogP contribution in [0.1, 0.15) is 0 Å². The SMILES string of the molecule is O=c1cc(-c2ccccc2)oc2cc(O[C@@H]3OC(CO)[C@@H](O)[C@@H](O)C3O)ccc12. The highest BCUT2D eigenvalue weighted by Crippen LogP contribution is 2.28. The van der Waals surface area contributed by atoms with Crippen molar-refractivity contribution in [3.8, 4) is 17.1 Å². The minimum Gasteiger partial charge on any atom is -0.462 e. The minimum absolute atomic E-state index is 0.218. The van der Waals surface area contributed by atoms with Gasteiger partial charge in [0, 0.05) is 17.7 Å². The Kier molecular flexibility index (Phi) is 5.35. The predicted octanol–water partition coefficient (Wildman–Crippen LogP) is 0.639. The molecule has 0 bridgehead atoms. The Morgan fingerprint density at radius 3 is 2.41 bits per heavy atom. The van der Waals surface area contributed by atoms with Crippen molar-refractivity contribution in [2.24, 2.45) is 0 Å². The highest BCUT2D eigenvalue weighted by Gasteiger charge is 2.44. The molecule has 1 fully saturated rings. The van der Waals surface area contributed by atoms with Crippen molar-refractivity contribution in [3.63, 3.8) is 0 Å². The molecule has 2 heterocycles. The van der Waals surface area contributed by atoms with E-state index in [4.69, 9.17) is 13.9 Å². The van der Waals surface area contributed by atoms with E-state index in [1.54, 1.807) is 0 Å². The van der Waals surface area contributed by atoms with Crippen molar-refractivity contribution in [2.45, 2.75) is 30.7 Å². The molecule has 4 N–H and O–H groups in total. The van der Waals surface area contributed by atoms with Crippen LogP contribution in [0, 0.1) is 0 Å². The predicted molar refractivity (Wildman–Crippen MR) is 102 cm³/mol. The van der Waals surface area contributed by atoms with Gasteiger partial charge in [0.25, 0.3) is 0 Å². The summed E-state index contributed by atoms with van der Waals surface area (Å²) in [6, 6.07) is 15.1. The molecule has 152 valence electrons. The lowest BCUT2D eigenvalue weighted by Crippen LogP contribution is -2.60. The van der Waals surface area contributed by atoms with E-state index < -0.39 is 37.3 Å². The van der Waals surface area contributed by atoms with Gasteiger partial charge in [-0.05, 0) is 12.1 Å². The fraction of sp³-hybridized carbons (Fsp3) is 0.286. The zero-order valence-corrected chi connectivity index (χ0v) is 15.2. The third-order valence-corrected chi connectivity index (χ3v) is 4.86. The van der Waals surface area contributed by atoms with Crippen molar-refractivity contribution in [1.82, 2.24) is 0 Å². The first kappa shape index (κ1) is 19.6. The van der Waals surface area contributed by atoms with Gasteiger partial charge in [-0.15, -0.1) is 0 Å². The highest BCUT2D eigenvalue weighted by atomic mass is 16.7. The smallest absolute Gasteiger partial charge is 0.229 e. The first-order valence-electron chi connectivity index (χ1n) is 9.08. The molecule has 8 heteroatoms. The summed E-state index contributed by atoms with van der Waals surface area (Å²) in [5.41, 5.74) is 0.801. The first-order valence-corrected chi connectivity index (χ1v) is 9.08. The third kappa shape index (κ3) is 3.76. The molecule has 1 aliphatic rings. The molecule has 0 amide bonds. The Labute approximate surface area is 165 Å². The van der Waals surface area contributed by atoms with Crippen LogP contribution in [0.2, 0.25) is 0 Å². The topological polar surface area (TPSA) is 130 Å². The van der Waals surface area contributed by atoms with E-state index >= 15 is 0 Å². The lowest BCUT2D eigenvalue weighted by atomic mass is 9.99. The second-order valence-electron chi connectivity index (χ2n) is 6.81. The van der Waals surface area contributed by atoms with Crippen LogP contribution in [-0.4, -0.2) is 57.7 Å². The molecule has 5 atom stereocenters. The standard InChI is InChI=1S/C21H20O8/c22-10-17-18(24)19(25)20(26)21(29-17)27-12-6-7-13-14(23)9-15(28-16(13)8-12)11-4-2-1-3-5-11/h1-9,17-22,24-26H,10H2/t17?,18-,19-,20?,21-/m1/s1. The fourth-order valence-corrected chi connectivity index (χ4v) is 3.25. The van der Waals surface area contributed by atoms with Crippen LogP contribution in [0.15, 0.2) is 63.8 Å². The molecule has 8 nitrogen and oxygen atoms in total. The Bertz CT molecular complexity index is 1050. The lowest BCUT2D eigenvalue weighted by molar-refractivity contribution is -0.277. The molecule has 0 radical (unpaired) electrons. The van der Waals surface area contributed by atoms with E-state index in [-0.39, 0.29) is 16.8 Å². The third-order valence-electron chi connectivity index (χ3n) is 4.86. The first-order chi connectivity index (χ1) is 14.0. The van der Waals surface area contributed by atoms with Gasteiger partial charge in [0.2, 0.25) is 6.29 Å². The van der Waals surface area contributed by atoms with E-state index in [1.807, 2.05) is 30.3 Å². The average Bonchev–Trinajstić information content (AvgIpc) is 2.74. The van der Waals surface area contributed by atoms with Gasteiger partial charge in [-0.1, -0.05) is 30.3 Å². The van der Waals surface area contributed by atoms with Crippen molar-refractivity contribution in [3.05, 3.63) is 64.8 Å². The molecule has 29 heavy (non-hydrogen) atoms. The van der Waals surface area contributed by atoms with Crippen LogP contribution < -0.4 is 10.2 Å². The molecule has 1 saturated heterocycles. The van der Waals surface area contributed by atoms with Gasteiger partial charge in [0.15, 0.2) is 5.43 Å². The molecule has 0 aliphatic carbocycles. The zero-order chi connectivity index (χ0) is 20.5. The normalized spacial score (nSPS) is 27.1. The maximum atomic E-state index is 12.4. The maximum Gasteiger partial charge on any atom is 0.229 e. The Morgan fingerprint density at radius 1 is 0.931 bits per heavy atom. The van der Waals surface area contributed by atoms with Crippen LogP contribution in [0.3, 0.4) is 0 Å². The molecule has 1 aliphatic heterocycles. The van der Waals surface area contributed by atoms with Gasteiger partial charge in [0.05, 0.1) is 12.0 Å². The van der Waals surface area contributed by atoms with E-state index in [2.05, 4.69) is 0 Å². The van der Waals surface area contributed by atoms with Crippen LogP contribution in [0.5, 0.6) is 5.75 Å². The zero-order valence-electron chi connectivity index (χ0n) is 15.2. The second-order valence-corrected chi connectivity index (χ2v) is 6.81. The van der Waals surface area contributed by atoms with Gasteiger partial charge < -0.3 is 34.3 Å². The number of aliphatic hydroxyl groups excluding tert-OH is 4. The molecule has 0 spiro atoms.